The van der Waals surface area contributed by atoms with E-state index in [4.69, 9.17) is 0 Å². The minimum atomic E-state index is 0.114. The first-order valence-corrected chi connectivity index (χ1v) is 11.0. The fourth-order valence-corrected chi connectivity index (χ4v) is 6.03. The third-order valence-corrected chi connectivity index (χ3v) is 7.38. The summed E-state index contributed by atoms with van der Waals surface area (Å²) in [4.78, 5) is 0. The van der Waals surface area contributed by atoms with Gasteiger partial charge in [0.25, 0.3) is 0 Å². The Morgan fingerprint density at radius 2 is 1.19 bits per heavy atom. The molecule has 27 heavy (non-hydrogen) atoms. The summed E-state index contributed by atoms with van der Waals surface area (Å²) < 4.78 is 0. The summed E-state index contributed by atoms with van der Waals surface area (Å²) >= 11 is 0. The molecule has 2 heteroatoms. The van der Waals surface area contributed by atoms with Crippen molar-refractivity contribution in [1.29, 1.82) is 0 Å². The summed E-state index contributed by atoms with van der Waals surface area (Å²) in [6.07, 6.45) is 11.2. The maximum atomic E-state index is 4.09. The van der Waals surface area contributed by atoms with Crippen molar-refractivity contribution >= 4 is 0 Å². The van der Waals surface area contributed by atoms with Crippen molar-refractivity contribution in [3.8, 4) is 0 Å². The molecule has 2 aromatic rings. The highest BCUT2D eigenvalue weighted by Crippen LogP contribution is 2.48. The number of benzene rings is 2. The number of rotatable bonds is 3. The molecule has 0 bridgehead atoms. The average Bonchev–Trinajstić information content (AvgIpc) is 3.34. The first-order chi connectivity index (χ1) is 13.3. The van der Waals surface area contributed by atoms with Crippen LogP contribution in [0, 0.1) is 11.8 Å². The molecule has 1 saturated heterocycles. The van der Waals surface area contributed by atoms with E-state index in [1.807, 2.05) is 0 Å². The highest BCUT2D eigenvalue weighted by atomic mass is 15.3. The molecule has 1 aliphatic heterocycles. The van der Waals surface area contributed by atoms with Gasteiger partial charge < -0.3 is 0 Å². The Morgan fingerprint density at radius 3 is 1.74 bits per heavy atom. The minimum Gasteiger partial charge on any atom is -0.290 e. The van der Waals surface area contributed by atoms with Crippen LogP contribution in [0.25, 0.3) is 0 Å². The maximum absolute atomic E-state index is 4.09. The van der Waals surface area contributed by atoms with E-state index in [9.17, 15) is 0 Å². The number of nitrogens with one attached hydrogen (secondary N) is 2. The molecule has 1 spiro atoms. The van der Waals surface area contributed by atoms with E-state index in [0.717, 1.165) is 11.8 Å². The molecule has 2 N–H and O–H groups in total. The minimum absolute atomic E-state index is 0.114. The monoisotopic (exact) mass is 360 g/mol. The fourth-order valence-electron chi connectivity index (χ4n) is 6.03. The first-order valence-electron chi connectivity index (χ1n) is 11.0. The van der Waals surface area contributed by atoms with Crippen LogP contribution in [0.2, 0.25) is 0 Å². The molecule has 2 aliphatic carbocycles. The number of hydrogen-bond donors (Lipinski definition) is 2. The molecular formula is C25H32N2. The van der Waals surface area contributed by atoms with Crippen LogP contribution in [0.5, 0.6) is 0 Å². The van der Waals surface area contributed by atoms with Crippen molar-refractivity contribution in [2.24, 2.45) is 11.8 Å². The van der Waals surface area contributed by atoms with E-state index in [1.54, 1.807) is 0 Å². The molecular weight excluding hydrogens is 328 g/mol. The molecule has 0 radical (unpaired) electrons. The molecule has 142 valence electrons. The Morgan fingerprint density at radius 1 is 0.630 bits per heavy atom. The fraction of sp³-hybridized carbons (Fsp3) is 0.520. The van der Waals surface area contributed by atoms with Crippen molar-refractivity contribution in [3.63, 3.8) is 0 Å². The normalized spacial score (nSPS) is 30.7. The van der Waals surface area contributed by atoms with Crippen LogP contribution >= 0.6 is 0 Å². The maximum Gasteiger partial charge on any atom is 0.0700 e. The summed E-state index contributed by atoms with van der Waals surface area (Å²) in [6.45, 7) is 0. The van der Waals surface area contributed by atoms with Gasteiger partial charge in [-0.15, -0.1) is 0 Å². The van der Waals surface area contributed by atoms with Gasteiger partial charge in [-0.2, -0.15) is 0 Å². The largest absolute Gasteiger partial charge is 0.290 e. The van der Waals surface area contributed by atoms with Gasteiger partial charge in [-0.1, -0.05) is 92.8 Å². The lowest BCUT2D eigenvalue weighted by atomic mass is 9.79. The topological polar surface area (TPSA) is 24.1 Å². The van der Waals surface area contributed by atoms with Crippen LogP contribution in [0.4, 0.5) is 0 Å². The molecule has 3 atom stereocenters. The van der Waals surface area contributed by atoms with Crippen LogP contribution < -0.4 is 10.6 Å². The van der Waals surface area contributed by atoms with Gasteiger partial charge in [0, 0.05) is 0 Å². The lowest BCUT2D eigenvalue weighted by molar-refractivity contribution is 0.228. The molecule has 2 aromatic carbocycles. The average molecular weight is 361 g/mol. The molecule has 2 nitrogen and oxygen atoms in total. The highest BCUT2D eigenvalue weighted by molar-refractivity contribution is 5.31. The molecule has 5 rings (SSSR count). The highest BCUT2D eigenvalue weighted by Gasteiger charge is 2.50. The van der Waals surface area contributed by atoms with Gasteiger partial charge in [0.1, 0.15) is 0 Å². The molecule has 0 aromatic heterocycles. The Labute approximate surface area is 163 Å². The van der Waals surface area contributed by atoms with Crippen molar-refractivity contribution in [2.75, 3.05) is 0 Å². The standard InChI is InChI=1S/C25H32N2/c1-4-10-19(11-5-1)22-16-17-25(18-22)26-23(20-12-6-2-7-13-20)24(27-25)21-14-8-3-9-15-21/h2-3,6-9,12-15,19,22-24,26-27H,1,4-5,10-11,16-18H2/t22-,23+,24+/m0/s1. The SMILES string of the molecule is c1ccc([C@H]2NC3(CC[C@H](C4CCCCC4)C3)N[C@@H]2c2ccccc2)cc1. The van der Waals surface area contributed by atoms with Crippen molar-refractivity contribution < 1.29 is 0 Å². The van der Waals surface area contributed by atoms with Gasteiger partial charge in [0.2, 0.25) is 0 Å². The predicted molar refractivity (Wildman–Crippen MR) is 111 cm³/mol. The van der Waals surface area contributed by atoms with Crippen LogP contribution in [0.15, 0.2) is 60.7 Å². The summed E-state index contributed by atoms with van der Waals surface area (Å²) in [5.74, 6) is 1.86. The van der Waals surface area contributed by atoms with E-state index in [1.165, 1.54) is 62.5 Å². The summed E-state index contributed by atoms with van der Waals surface area (Å²) in [5.41, 5.74) is 2.91. The quantitative estimate of drug-likeness (QED) is 0.729. The van der Waals surface area contributed by atoms with Crippen LogP contribution in [-0.2, 0) is 0 Å². The van der Waals surface area contributed by atoms with Crippen molar-refractivity contribution in [3.05, 3.63) is 71.8 Å². The number of hydrogen-bond acceptors (Lipinski definition) is 2. The van der Waals surface area contributed by atoms with E-state index in [0.29, 0.717) is 12.1 Å². The van der Waals surface area contributed by atoms with Gasteiger partial charge >= 0.3 is 0 Å². The van der Waals surface area contributed by atoms with E-state index in [2.05, 4.69) is 71.3 Å². The zero-order chi connectivity index (χ0) is 18.1. The lowest BCUT2D eigenvalue weighted by Gasteiger charge is -2.30. The third kappa shape index (κ3) is 3.46. The Bertz CT molecular complexity index is 688. The lowest BCUT2D eigenvalue weighted by Crippen LogP contribution is -2.47. The Hall–Kier alpha value is -1.64. The van der Waals surface area contributed by atoms with Crippen LogP contribution in [-0.4, -0.2) is 5.66 Å². The van der Waals surface area contributed by atoms with Crippen LogP contribution in [0.3, 0.4) is 0 Å². The van der Waals surface area contributed by atoms with E-state index >= 15 is 0 Å². The molecule has 1 heterocycles. The third-order valence-electron chi connectivity index (χ3n) is 7.38. The molecule has 0 amide bonds. The zero-order valence-corrected chi connectivity index (χ0v) is 16.2. The predicted octanol–water partition coefficient (Wildman–Crippen LogP) is 5.74. The first kappa shape index (κ1) is 17.5. The van der Waals surface area contributed by atoms with Gasteiger partial charge in [-0.3, -0.25) is 10.6 Å². The van der Waals surface area contributed by atoms with E-state index < -0.39 is 0 Å². The van der Waals surface area contributed by atoms with Gasteiger partial charge in [-0.05, 0) is 42.2 Å². The smallest absolute Gasteiger partial charge is 0.0700 e. The van der Waals surface area contributed by atoms with E-state index in [-0.39, 0.29) is 5.66 Å². The second-order valence-corrected chi connectivity index (χ2v) is 9.05. The molecule has 2 saturated carbocycles. The molecule has 3 fully saturated rings. The van der Waals surface area contributed by atoms with Crippen molar-refractivity contribution in [1.82, 2.24) is 10.6 Å². The van der Waals surface area contributed by atoms with Crippen LogP contribution in [0.1, 0.15) is 74.6 Å². The second-order valence-electron chi connectivity index (χ2n) is 9.05. The van der Waals surface area contributed by atoms with Crippen molar-refractivity contribution in [2.45, 2.75) is 69.1 Å². The summed E-state index contributed by atoms with van der Waals surface area (Å²) in [6, 6.07) is 22.7. The Kier molecular flexibility index (Phi) is 4.79. The summed E-state index contributed by atoms with van der Waals surface area (Å²) in [7, 11) is 0. The Balaban J connectivity index is 1.40. The van der Waals surface area contributed by atoms with Gasteiger partial charge in [0.15, 0.2) is 0 Å². The zero-order valence-electron chi connectivity index (χ0n) is 16.2. The summed E-state index contributed by atoms with van der Waals surface area (Å²) in [5, 5.41) is 8.18. The molecule has 0 unspecified atom stereocenters. The van der Waals surface area contributed by atoms with Gasteiger partial charge in [0.05, 0.1) is 17.7 Å². The second kappa shape index (κ2) is 7.41. The molecule has 3 aliphatic rings. The van der Waals surface area contributed by atoms with Gasteiger partial charge in [-0.25, -0.2) is 0 Å².